The van der Waals surface area contributed by atoms with Crippen molar-refractivity contribution in [3.05, 3.63) is 59.9 Å². The summed E-state index contributed by atoms with van der Waals surface area (Å²) in [5.74, 6) is 1.86. The number of H-pyrrole nitrogens is 1. The van der Waals surface area contributed by atoms with E-state index in [1.165, 1.54) is 6.08 Å². The van der Waals surface area contributed by atoms with Crippen molar-refractivity contribution in [1.29, 1.82) is 0 Å². The van der Waals surface area contributed by atoms with E-state index >= 15 is 0 Å². The van der Waals surface area contributed by atoms with Crippen LogP contribution in [0.1, 0.15) is 24.4 Å². The fraction of sp³-hybridized carbons (Fsp3) is 0.200. The fourth-order valence-corrected chi connectivity index (χ4v) is 2.64. The van der Waals surface area contributed by atoms with Crippen LogP contribution >= 0.6 is 0 Å². The molecule has 1 heterocycles. The first kappa shape index (κ1) is 17.5. The highest BCUT2D eigenvalue weighted by Crippen LogP contribution is 2.25. The van der Waals surface area contributed by atoms with Gasteiger partial charge >= 0.3 is 0 Å². The van der Waals surface area contributed by atoms with Crippen molar-refractivity contribution < 1.29 is 14.3 Å². The van der Waals surface area contributed by atoms with Crippen LogP contribution in [0.4, 0.5) is 0 Å². The Morgan fingerprint density at radius 2 is 2.00 bits per heavy atom. The van der Waals surface area contributed by atoms with Crippen molar-refractivity contribution in [2.24, 2.45) is 0 Å². The molecule has 3 aromatic rings. The van der Waals surface area contributed by atoms with Gasteiger partial charge in [0.1, 0.15) is 17.3 Å². The van der Waals surface area contributed by atoms with Crippen LogP contribution in [0.15, 0.2) is 48.5 Å². The molecule has 0 aliphatic heterocycles. The van der Waals surface area contributed by atoms with Crippen molar-refractivity contribution in [1.82, 2.24) is 15.3 Å². The number of ether oxygens (including phenoxy) is 2. The lowest BCUT2D eigenvalue weighted by Gasteiger charge is -2.10. The molecular formula is C20H21N3O3. The molecule has 2 aromatic carbocycles. The van der Waals surface area contributed by atoms with Gasteiger partial charge in [0.15, 0.2) is 0 Å². The number of carbonyl (C=O) groups excluding carboxylic acids is 1. The largest absolute Gasteiger partial charge is 0.497 e. The highest BCUT2D eigenvalue weighted by Gasteiger charge is 2.12. The van der Waals surface area contributed by atoms with Crippen LogP contribution in [-0.2, 0) is 4.79 Å². The van der Waals surface area contributed by atoms with Crippen LogP contribution in [0.25, 0.3) is 17.1 Å². The van der Waals surface area contributed by atoms with Gasteiger partial charge in [-0.15, -0.1) is 0 Å². The lowest BCUT2D eigenvalue weighted by atomic mass is 10.1. The van der Waals surface area contributed by atoms with Crippen LogP contribution in [0.5, 0.6) is 11.5 Å². The number of nitrogens with zero attached hydrogens (tertiary/aromatic N) is 1. The van der Waals surface area contributed by atoms with E-state index in [1.54, 1.807) is 32.4 Å². The monoisotopic (exact) mass is 351 g/mol. The smallest absolute Gasteiger partial charge is 0.244 e. The Morgan fingerprint density at radius 1 is 1.19 bits per heavy atom. The number of aromatic amines is 1. The Morgan fingerprint density at radius 3 is 2.73 bits per heavy atom. The van der Waals surface area contributed by atoms with E-state index in [1.807, 2.05) is 37.3 Å². The molecule has 0 fully saturated rings. The number of rotatable bonds is 6. The number of amides is 1. The van der Waals surface area contributed by atoms with Gasteiger partial charge in [-0.05, 0) is 43.3 Å². The normalized spacial score (nSPS) is 12.3. The van der Waals surface area contributed by atoms with E-state index in [9.17, 15) is 4.79 Å². The molecule has 3 rings (SSSR count). The second-order valence-electron chi connectivity index (χ2n) is 5.81. The molecule has 0 spiro atoms. The average Bonchev–Trinajstić information content (AvgIpc) is 3.10. The Bertz CT molecular complexity index is 913. The summed E-state index contributed by atoms with van der Waals surface area (Å²) in [5, 5.41) is 2.90. The molecule has 6 nitrogen and oxygen atoms in total. The molecule has 134 valence electrons. The first-order valence-electron chi connectivity index (χ1n) is 8.26. The molecule has 0 aliphatic carbocycles. The summed E-state index contributed by atoms with van der Waals surface area (Å²) in [4.78, 5) is 20.0. The molecule has 2 N–H and O–H groups in total. The van der Waals surface area contributed by atoms with Gasteiger partial charge in [-0.2, -0.15) is 0 Å². The minimum atomic E-state index is -0.244. The van der Waals surface area contributed by atoms with E-state index in [4.69, 9.17) is 9.47 Å². The molecular weight excluding hydrogens is 330 g/mol. The average molecular weight is 351 g/mol. The molecule has 6 heteroatoms. The molecule has 0 radical (unpaired) electrons. The first-order chi connectivity index (χ1) is 12.6. The molecule has 1 amide bonds. The predicted octanol–water partition coefficient (Wildman–Crippen LogP) is 3.47. The maximum Gasteiger partial charge on any atom is 0.244 e. The maximum absolute atomic E-state index is 12.3. The number of imidazole rings is 1. The van der Waals surface area contributed by atoms with E-state index < -0.39 is 0 Å². The second kappa shape index (κ2) is 7.74. The third-order valence-electron chi connectivity index (χ3n) is 4.03. The summed E-state index contributed by atoms with van der Waals surface area (Å²) >= 11 is 0. The molecule has 1 atom stereocenters. The highest BCUT2D eigenvalue weighted by molar-refractivity contribution is 5.92. The van der Waals surface area contributed by atoms with E-state index in [2.05, 4.69) is 15.3 Å². The maximum atomic E-state index is 12.3. The van der Waals surface area contributed by atoms with Crippen molar-refractivity contribution in [3.8, 4) is 11.5 Å². The Balaban J connectivity index is 1.71. The molecule has 0 bridgehead atoms. The van der Waals surface area contributed by atoms with Crippen molar-refractivity contribution in [2.75, 3.05) is 14.2 Å². The zero-order valence-corrected chi connectivity index (χ0v) is 14.9. The summed E-state index contributed by atoms with van der Waals surface area (Å²) in [6, 6.07) is 12.9. The van der Waals surface area contributed by atoms with Gasteiger partial charge in [0.2, 0.25) is 5.91 Å². The Kier molecular flexibility index (Phi) is 5.22. The van der Waals surface area contributed by atoms with Gasteiger partial charge in [-0.25, -0.2) is 4.98 Å². The molecule has 0 saturated heterocycles. The topological polar surface area (TPSA) is 76.2 Å². The summed E-state index contributed by atoms with van der Waals surface area (Å²) in [6.07, 6.45) is 3.17. The number of nitrogens with one attached hydrogen (secondary N) is 2. The molecule has 1 unspecified atom stereocenters. The minimum absolute atomic E-state index is 0.220. The van der Waals surface area contributed by atoms with Gasteiger partial charge in [-0.1, -0.05) is 12.1 Å². The number of aromatic nitrogens is 2. The number of hydrogen-bond donors (Lipinski definition) is 2. The lowest BCUT2D eigenvalue weighted by molar-refractivity contribution is -0.117. The van der Waals surface area contributed by atoms with Crippen molar-refractivity contribution in [2.45, 2.75) is 13.0 Å². The van der Waals surface area contributed by atoms with Crippen LogP contribution < -0.4 is 14.8 Å². The quantitative estimate of drug-likeness (QED) is 0.667. The van der Waals surface area contributed by atoms with Gasteiger partial charge in [-0.3, -0.25) is 4.79 Å². The van der Waals surface area contributed by atoms with Crippen LogP contribution in [0, 0.1) is 0 Å². The fourth-order valence-electron chi connectivity index (χ4n) is 2.64. The Labute approximate surface area is 151 Å². The van der Waals surface area contributed by atoms with Crippen LogP contribution in [-0.4, -0.2) is 30.1 Å². The number of para-hydroxylation sites is 2. The number of methoxy groups -OCH3 is 2. The predicted molar refractivity (Wildman–Crippen MR) is 101 cm³/mol. The summed E-state index contributed by atoms with van der Waals surface area (Å²) in [6.45, 7) is 1.88. The minimum Gasteiger partial charge on any atom is -0.497 e. The molecule has 26 heavy (non-hydrogen) atoms. The van der Waals surface area contributed by atoms with E-state index in [-0.39, 0.29) is 11.9 Å². The third-order valence-corrected chi connectivity index (χ3v) is 4.03. The summed E-state index contributed by atoms with van der Waals surface area (Å²) in [5.41, 5.74) is 2.58. The van der Waals surface area contributed by atoms with Gasteiger partial charge < -0.3 is 19.8 Å². The first-order valence-corrected chi connectivity index (χ1v) is 8.26. The van der Waals surface area contributed by atoms with E-state index in [0.717, 1.165) is 16.6 Å². The highest BCUT2D eigenvalue weighted by atomic mass is 16.5. The second-order valence-corrected chi connectivity index (χ2v) is 5.81. The van der Waals surface area contributed by atoms with Gasteiger partial charge in [0.25, 0.3) is 0 Å². The van der Waals surface area contributed by atoms with Crippen LogP contribution in [0.2, 0.25) is 0 Å². The zero-order chi connectivity index (χ0) is 18.5. The van der Waals surface area contributed by atoms with Crippen molar-refractivity contribution in [3.63, 3.8) is 0 Å². The molecule has 1 aromatic heterocycles. The molecule has 0 aliphatic rings. The zero-order valence-electron chi connectivity index (χ0n) is 14.9. The number of hydrogen-bond acceptors (Lipinski definition) is 4. The van der Waals surface area contributed by atoms with Crippen molar-refractivity contribution >= 4 is 23.0 Å². The number of fused-ring (bicyclic) bond motifs is 1. The third kappa shape index (κ3) is 3.85. The molecule has 0 saturated carbocycles. The van der Waals surface area contributed by atoms with Gasteiger partial charge in [0.05, 0.1) is 31.3 Å². The van der Waals surface area contributed by atoms with E-state index in [0.29, 0.717) is 17.3 Å². The Hall–Kier alpha value is -3.28. The van der Waals surface area contributed by atoms with Gasteiger partial charge in [0, 0.05) is 11.6 Å². The number of benzene rings is 2. The lowest BCUT2D eigenvalue weighted by Crippen LogP contribution is -2.25. The van der Waals surface area contributed by atoms with Crippen LogP contribution in [0.3, 0.4) is 0 Å². The SMILES string of the molecule is COc1ccc(OC)c(C=CC(=O)NC(C)c2nc3ccccc3[nH]2)c1. The standard InChI is InChI=1S/C20H21N3O3/c1-13(20-22-16-6-4-5-7-17(16)23-20)21-19(24)11-8-14-12-15(25-2)9-10-18(14)26-3/h4-13H,1-3H3,(H,21,24)(H,22,23). The summed E-state index contributed by atoms with van der Waals surface area (Å²) in [7, 11) is 3.18. The summed E-state index contributed by atoms with van der Waals surface area (Å²) < 4.78 is 10.5. The number of carbonyl (C=O) groups is 1.